The number of carbonyl (C=O) groups is 1. The van der Waals surface area contributed by atoms with Gasteiger partial charge in [0.25, 0.3) is 0 Å². The Balaban J connectivity index is 2.25. The van der Waals surface area contributed by atoms with Crippen molar-refractivity contribution in [2.75, 3.05) is 24.3 Å². The number of anilines is 2. The Morgan fingerprint density at radius 1 is 1.69 bits per heavy atom. The van der Waals surface area contributed by atoms with Gasteiger partial charge in [-0.1, -0.05) is 0 Å². The molecule has 0 amide bonds. The molecule has 0 saturated heterocycles. The molecule has 0 radical (unpaired) electrons. The van der Waals surface area contributed by atoms with E-state index in [4.69, 9.17) is 15.6 Å². The van der Waals surface area contributed by atoms with Crippen molar-refractivity contribution >= 4 is 17.3 Å². The van der Waals surface area contributed by atoms with E-state index in [-0.39, 0.29) is 12.5 Å². The second kappa shape index (κ2) is 3.92. The molecule has 5 nitrogen and oxygen atoms in total. The van der Waals surface area contributed by atoms with Crippen molar-refractivity contribution in [3.63, 3.8) is 0 Å². The summed E-state index contributed by atoms with van der Waals surface area (Å²) in [4.78, 5) is 12.6. The summed E-state index contributed by atoms with van der Waals surface area (Å²) in [6.45, 7) is 0.374. The number of nitrogen functional groups attached to an aromatic ring is 1. The van der Waals surface area contributed by atoms with Gasteiger partial charge in [0.1, 0.15) is 12.4 Å². The molecule has 1 aliphatic heterocycles. The zero-order valence-electron chi connectivity index (χ0n) is 9.01. The molecule has 3 N–H and O–H groups in total. The summed E-state index contributed by atoms with van der Waals surface area (Å²) in [7, 11) is 1.87. The average molecular weight is 222 g/mol. The first-order chi connectivity index (χ1) is 7.58. The monoisotopic (exact) mass is 222 g/mol. The maximum Gasteiger partial charge on any atom is 0.305 e. The number of nitrogens with zero attached hydrogens (tertiary/aromatic N) is 1. The van der Waals surface area contributed by atoms with Gasteiger partial charge in [0.15, 0.2) is 0 Å². The summed E-state index contributed by atoms with van der Waals surface area (Å²) in [5.74, 6) is -0.108. The third kappa shape index (κ3) is 1.88. The molecule has 2 rings (SSSR count). The van der Waals surface area contributed by atoms with Gasteiger partial charge in [-0.05, 0) is 12.1 Å². The minimum atomic E-state index is -0.820. The molecule has 5 heteroatoms. The van der Waals surface area contributed by atoms with Gasteiger partial charge < -0.3 is 20.5 Å². The van der Waals surface area contributed by atoms with Crippen LogP contribution in [0.3, 0.4) is 0 Å². The van der Waals surface area contributed by atoms with Crippen LogP contribution >= 0.6 is 0 Å². The number of nitrogens with two attached hydrogens (primary N) is 1. The van der Waals surface area contributed by atoms with Crippen molar-refractivity contribution in [2.24, 2.45) is 0 Å². The highest BCUT2D eigenvalue weighted by Gasteiger charge is 2.26. The Kier molecular flexibility index (Phi) is 2.60. The van der Waals surface area contributed by atoms with E-state index in [1.54, 1.807) is 12.1 Å². The number of hydrogen-bond acceptors (Lipinski definition) is 4. The Hall–Kier alpha value is -1.91. The third-order valence-electron chi connectivity index (χ3n) is 2.75. The lowest BCUT2D eigenvalue weighted by molar-refractivity contribution is -0.137. The lowest BCUT2D eigenvalue weighted by atomic mass is 10.1. The summed E-state index contributed by atoms with van der Waals surface area (Å²) in [5.41, 5.74) is 7.17. The van der Waals surface area contributed by atoms with Crippen LogP contribution in [0.5, 0.6) is 5.75 Å². The van der Waals surface area contributed by atoms with E-state index in [9.17, 15) is 4.79 Å². The summed E-state index contributed by atoms with van der Waals surface area (Å²) < 4.78 is 5.50. The molecule has 86 valence electrons. The highest BCUT2D eigenvalue weighted by Crippen LogP contribution is 2.34. The molecule has 1 aromatic carbocycles. The van der Waals surface area contributed by atoms with Crippen LogP contribution in [-0.2, 0) is 4.79 Å². The summed E-state index contributed by atoms with van der Waals surface area (Å²) in [5, 5.41) is 8.77. The molecule has 0 fully saturated rings. The highest BCUT2D eigenvalue weighted by molar-refractivity contribution is 5.71. The predicted octanol–water partition coefficient (Wildman–Crippen LogP) is 0.941. The van der Waals surface area contributed by atoms with Crippen LogP contribution in [0.4, 0.5) is 11.4 Å². The van der Waals surface area contributed by atoms with Crippen molar-refractivity contribution in [2.45, 2.75) is 12.5 Å². The molecule has 0 saturated carbocycles. The molecular weight excluding hydrogens is 208 g/mol. The fraction of sp³-hybridized carbons (Fsp3) is 0.364. The van der Waals surface area contributed by atoms with E-state index in [0.717, 1.165) is 5.69 Å². The van der Waals surface area contributed by atoms with Crippen LogP contribution in [0.15, 0.2) is 18.2 Å². The van der Waals surface area contributed by atoms with Crippen LogP contribution < -0.4 is 15.4 Å². The SMILES string of the molecule is CN1c2ccc(N)cc2OCC1CC(=O)O. The standard InChI is InChI=1S/C11H14N2O3/c1-13-8(5-11(14)15)6-16-10-4-7(12)2-3-9(10)13/h2-4,8H,5-6,12H2,1H3,(H,14,15). The van der Waals surface area contributed by atoms with Gasteiger partial charge in [0.2, 0.25) is 0 Å². The van der Waals surface area contributed by atoms with Gasteiger partial charge in [-0.2, -0.15) is 0 Å². The van der Waals surface area contributed by atoms with Crippen molar-refractivity contribution in [3.05, 3.63) is 18.2 Å². The number of hydrogen-bond donors (Lipinski definition) is 2. The maximum absolute atomic E-state index is 10.7. The first-order valence-electron chi connectivity index (χ1n) is 5.05. The van der Waals surface area contributed by atoms with Crippen LogP contribution in [0.2, 0.25) is 0 Å². The van der Waals surface area contributed by atoms with Crippen molar-refractivity contribution < 1.29 is 14.6 Å². The zero-order chi connectivity index (χ0) is 11.7. The lowest BCUT2D eigenvalue weighted by Crippen LogP contribution is -2.41. The number of benzene rings is 1. The zero-order valence-corrected chi connectivity index (χ0v) is 9.01. The van der Waals surface area contributed by atoms with E-state index in [1.807, 2.05) is 18.0 Å². The summed E-state index contributed by atoms with van der Waals surface area (Å²) in [6, 6.07) is 5.25. The van der Waals surface area contributed by atoms with E-state index in [1.165, 1.54) is 0 Å². The number of aliphatic carboxylic acids is 1. The van der Waals surface area contributed by atoms with Crippen LogP contribution in [0.1, 0.15) is 6.42 Å². The normalized spacial score (nSPS) is 18.8. The Morgan fingerprint density at radius 2 is 2.44 bits per heavy atom. The minimum Gasteiger partial charge on any atom is -0.489 e. The smallest absolute Gasteiger partial charge is 0.305 e. The van der Waals surface area contributed by atoms with Crippen molar-refractivity contribution in [3.8, 4) is 5.75 Å². The van der Waals surface area contributed by atoms with Gasteiger partial charge in [-0.25, -0.2) is 0 Å². The predicted molar refractivity (Wildman–Crippen MR) is 60.8 cm³/mol. The summed E-state index contributed by atoms with van der Waals surface area (Å²) in [6.07, 6.45) is 0.0698. The van der Waals surface area contributed by atoms with Gasteiger partial charge in [-0.3, -0.25) is 4.79 Å². The van der Waals surface area contributed by atoms with Crippen LogP contribution in [0.25, 0.3) is 0 Å². The quantitative estimate of drug-likeness (QED) is 0.728. The number of fused-ring (bicyclic) bond motifs is 1. The Bertz CT molecular complexity index is 420. The number of ether oxygens (including phenoxy) is 1. The molecule has 0 bridgehead atoms. The molecule has 0 aliphatic carbocycles. The molecule has 1 unspecified atom stereocenters. The van der Waals surface area contributed by atoms with E-state index in [0.29, 0.717) is 18.0 Å². The summed E-state index contributed by atoms with van der Waals surface area (Å²) >= 11 is 0. The maximum atomic E-state index is 10.7. The number of likely N-dealkylation sites (N-methyl/N-ethyl adjacent to an activating group) is 1. The highest BCUT2D eigenvalue weighted by atomic mass is 16.5. The topological polar surface area (TPSA) is 75.8 Å². The van der Waals surface area contributed by atoms with Gasteiger partial charge in [-0.15, -0.1) is 0 Å². The second-order valence-electron chi connectivity index (χ2n) is 3.90. The van der Waals surface area contributed by atoms with Crippen molar-refractivity contribution in [1.82, 2.24) is 0 Å². The fourth-order valence-corrected chi connectivity index (χ4v) is 1.83. The van der Waals surface area contributed by atoms with Gasteiger partial charge >= 0.3 is 5.97 Å². The average Bonchev–Trinajstić information content (AvgIpc) is 2.22. The number of rotatable bonds is 2. The molecule has 0 spiro atoms. The molecule has 1 aromatic rings. The molecule has 1 heterocycles. The van der Waals surface area contributed by atoms with Crippen LogP contribution in [0, 0.1) is 0 Å². The van der Waals surface area contributed by atoms with E-state index < -0.39 is 5.97 Å². The van der Waals surface area contributed by atoms with Crippen molar-refractivity contribution in [1.29, 1.82) is 0 Å². The molecular formula is C11H14N2O3. The largest absolute Gasteiger partial charge is 0.489 e. The first kappa shape index (κ1) is 10.6. The van der Waals surface area contributed by atoms with Gasteiger partial charge in [0, 0.05) is 18.8 Å². The number of carboxylic acid groups (broad SMARTS) is 1. The fourth-order valence-electron chi connectivity index (χ4n) is 1.83. The van der Waals surface area contributed by atoms with Crippen LogP contribution in [-0.4, -0.2) is 30.8 Å². The van der Waals surface area contributed by atoms with Gasteiger partial charge in [0.05, 0.1) is 18.2 Å². The minimum absolute atomic E-state index is 0.0698. The Labute approximate surface area is 93.4 Å². The molecule has 16 heavy (non-hydrogen) atoms. The third-order valence-corrected chi connectivity index (χ3v) is 2.75. The molecule has 0 aromatic heterocycles. The Morgan fingerprint density at radius 3 is 3.12 bits per heavy atom. The molecule has 1 atom stereocenters. The molecule has 1 aliphatic rings. The van der Waals surface area contributed by atoms with E-state index in [2.05, 4.69) is 0 Å². The first-order valence-corrected chi connectivity index (χ1v) is 5.05. The second-order valence-corrected chi connectivity index (χ2v) is 3.90. The lowest BCUT2D eigenvalue weighted by Gasteiger charge is -2.35. The number of carboxylic acids is 1. The van der Waals surface area contributed by atoms with E-state index >= 15 is 0 Å².